The lowest BCUT2D eigenvalue weighted by molar-refractivity contribution is -0.137. The number of nitrogens with one attached hydrogen (secondary N) is 2. The van der Waals surface area contributed by atoms with Crippen molar-refractivity contribution >= 4 is 17.4 Å². The molecular weight excluding hydrogens is 397 g/mol. The van der Waals surface area contributed by atoms with Crippen LogP contribution in [0.25, 0.3) is 0 Å². The molecule has 1 fully saturated rings. The molecule has 0 saturated carbocycles. The highest BCUT2D eigenvalue weighted by Gasteiger charge is 2.30. The molecule has 0 radical (unpaired) electrons. The van der Waals surface area contributed by atoms with Gasteiger partial charge in [0.25, 0.3) is 0 Å². The van der Waals surface area contributed by atoms with E-state index in [4.69, 9.17) is 4.74 Å². The number of urea groups is 1. The third-order valence-electron chi connectivity index (χ3n) is 4.98. The molecule has 0 aromatic heterocycles. The number of ether oxygens (including phenoxy) is 1. The zero-order valence-electron chi connectivity index (χ0n) is 16.7. The Hall–Kier alpha value is -2.94. The summed E-state index contributed by atoms with van der Waals surface area (Å²) in [6.45, 7) is 4.58. The Bertz CT molecular complexity index is 835. The molecule has 2 N–H and O–H groups in total. The van der Waals surface area contributed by atoms with Crippen LogP contribution in [-0.4, -0.2) is 57.3 Å². The molecule has 0 unspecified atom stereocenters. The van der Waals surface area contributed by atoms with E-state index in [1.807, 2.05) is 24.3 Å². The summed E-state index contributed by atoms with van der Waals surface area (Å²) < 4.78 is 43.1. The average molecular weight is 422 g/mol. The van der Waals surface area contributed by atoms with Crippen molar-refractivity contribution in [3.8, 4) is 5.75 Å². The molecule has 1 saturated heterocycles. The summed E-state index contributed by atoms with van der Waals surface area (Å²) in [5.74, 6) is 0.854. The van der Waals surface area contributed by atoms with Crippen molar-refractivity contribution in [3.63, 3.8) is 0 Å². The Balaban J connectivity index is 1.38. The van der Waals surface area contributed by atoms with Crippen LogP contribution in [0.5, 0.6) is 5.75 Å². The molecule has 1 heterocycles. The lowest BCUT2D eigenvalue weighted by Gasteiger charge is -2.36. The maximum absolute atomic E-state index is 12.6. The molecule has 2 amide bonds. The molecular formula is C21H25F3N4O2. The normalized spacial score (nSPS) is 15.0. The number of hydrogen-bond donors (Lipinski definition) is 2. The van der Waals surface area contributed by atoms with Crippen LogP contribution >= 0.6 is 0 Å². The third kappa shape index (κ3) is 5.79. The Morgan fingerprint density at radius 3 is 2.33 bits per heavy atom. The predicted octanol–water partition coefficient (Wildman–Crippen LogP) is 3.66. The van der Waals surface area contributed by atoms with Gasteiger partial charge >= 0.3 is 12.2 Å². The van der Waals surface area contributed by atoms with Gasteiger partial charge in [0.2, 0.25) is 0 Å². The number of nitrogens with zero attached hydrogens (tertiary/aromatic N) is 2. The van der Waals surface area contributed by atoms with Gasteiger partial charge in [0, 0.05) is 45.0 Å². The van der Waals surface area contributed by atoms with E-state index in [1.165, 1.54) is 12.1 Å². The molecule has 6 nitrogen and oxygen atoms in total. The molecule has 9 heteroatoms. The number of methoxy groups -OCH3 is 1. The van der Waals surface area contributed by atoms with E-state index in [-0.39, 0.29) is 0 Å². The van der Waals surface area contributed by atoms with Gasteiger partial charge in [-0.1, -0.05) is 12.1 Å². The summed E-state index contributed by atoms with van der Waals surface area (Å²) in [6.07, 6.45) is -4.39. The van der Waals surface area contributed by atoms with Crippen LogP contribution in [0.4, 0.5) is 29.3 Å². The van der Waals surface area contributed by atoms with E-state index < -0.39 is 17.8 Å². The molecule has 0 bridgehead atoms. The monoisotopic (exact) mass is 422 g/mol. The van der Waals surface area contributed by atoms with E-state index in [0.717, 1.165) is 49.7 Å². The number of halogens is 3. The summed E-state index contributed by atoms with van der Waals surface area (Å²) in [7, 11) is 1.66. The number of anilines is 2. The first-order chi connectivity index (χ1) is 14.4. The minimum Gasteiger partial charge on any atom is -0.495 e. The van der Waals surface area contributed by atoms with Crippen LogP contribution in [0.15, 0.2) is 48.5 Å². The highest BCUT2D eigenvalue weighted by Crippen LogP contribution is 2.30. The van der Waals surface area contributed by atoms with Crippen molar-refractivity contribution < 1.29 is 22.7 Å². The molecule has 162 valence electrons. The molecule has 0 aliphatic carbocycles. The van der Waals surface area contributed by atoms with E-state index in [9.17, 15) is 18.0 Å². The van der Waals surface area contributed by atoms with Crippen LogP contribution in [0, 0.1) is 0 Å². The number of hydrogen-bond acceptors (Lipinski definition) is 4. The molecule has 0 spiro atoms. The van der Waals surface area contributed by atoms with Crippen LogP contribution in [0.3, 0.4) is 0 Å². The lowest BCUT2D eigenvalue weighted by atomic mass is 10.2. The van der Waals surface area contributed by atoms with Gasteiger partial charge in [0.05, 0.1) is 18.4 Å². The van der Waals surface area contributed by atoms with Crippen molar-refractivity contribution in [2.45, 2.75) is 6.18 Å². The van der Waals surface area contributed by atoms with E-state index in [0.29, 0.717) is 18.8 Å². The van der Waals surface area contributed by atoms with Gasteiger partial charge in [0.15, 0.2) is 0 Å². The quantitative estimate of drug-likeness (QED) is 0.746. The Kier molecular flexibility index (Phi) is 7.04. The predicted molar refractivity (Wildman–Crippen MR) is 110 cm³/mol. The maximum atomic E-state index is 12.6. The van der Waals surface area contributed by atoms with E-state index in [2.05, 4.69) is 20.4 Å². The third-order valence-corrected chi connectivity index (χ3v) is 4.98. The topological polar surface area (TPSA) is 56.8 Å². The van der Waals surface area contributed by atoms with Crippen LogP contribution < -0.4 is 20.3 Å². The minimum atomic E-state index is -4.39. The van der Waals surface area contributed by atoms with Crippen LogP contribution in [0.1, 0.15) is 5.56 Å². The Morgan fingerprint density at radius 2 is 1.70 bits per heavy atom. The highest BCUT2D eigenvalue weighted by molar-refractivity contribution is 5.89. The number of alkyl halides is 3. The molecule has 0 atom stereocenters. The van der Waals surface area contributed by atoms with E-state index >= 15 is 0 Å². The van der Waals surface area contributed by atoms with Crippen LogP contribution in [0.2, 0.25) is 0 Å². The number of carbonyl (C=O) groups is 1. The summed E-state index contributed by atoms with van der Waals surface area (Å²) in [6, 6.07) is 11.8. The summed E-state index contributed by atoms with van der Waals surface area (Å²) >= 11 is 0. The van der Waals surface area contributed by atoms with Gasteiger partial charge in [-0.2, -0.15) is 13.2 Å². The smallest absolute Gasteiger partial charge is 0.416 e. The number of rotatable bonds is 6. The van der Waals surface area contributed by atoms with Crippen molar-refractivity contribution in [1.82, 2.24) is 10.2 Å². The Morgan fingerprint density at radius 1 is 1.03 bits per heavy atom. The molecule has 2 aromatic rings. The fourth-order valence-corrected chi connectivity index (χ4v) is 3.35. The van der Waals surface area contributed by atoms with Gasteiger partial charge < -0.3 is 20.3 Å². The SMILES string of the molecule is COc1ccccc1N1CCN(CCNC(=O)Nc2ccc(C(F)(F)F)cc2)CC1. The van der Waals surface area contributed by atoms with Crippen molar-refractivity contribution in [2.75, 3.05) is 56.6 Å². The number of amides is 2. The van der Waals surface area contributed by atoms with Gasteiger partial charge in [-0.15, -0.1) is 0 Å². The largest absolute Gasteiger partial charge is 0.495 e. The van der Waals surface area contributed by atoms with Crippen molar-refractivity contribution in [1.29, 1.82) is 0 Å². The average Bonchev–Trinajstić information content (AvgIpc) is 2.74. The standard InChI is InChI=1S/C21H25F3N4O2/c1-30-19-5-3-2-4-18(19)28-14-12-27(13-15-28)11-10-25-20(29)26-17-8-6-16(7-9-17)21(22,23)24/h2-9H,10-15H2,1H3,(H2,25,26,29). The fourth-order valence-electron chi connectivity index (χ4n) is 3.35. The zero-order valence-corrected chi connectivity index (χ0v) is 16.7. The number of benzene rings is 2. The highest BCUT2D eigenvalue weighted by atomic mass is 19.4. The van der Waals surface area contributed by atoms with Crippen molar-refractivity contribution in [3.05, 3.63) is 54.1 Å². The second-order valence-corrected chi connectivity index (χ2v) is 6.96. The second kappa shape index (κ2) is 9.71. The number of carbonyl (C=O) groups excluding carboxylic acids is 1. The molecule has 1 aliphatic heterocycles. The van der Waals surface area contributed by atoms with Gasteiger partial charge in [-0.05, 0) is 36.4 Å². The number of piperazine rings is 1. The summed E-state index contributed by atoms with van der Waals surface area (Å²) in [5, 5.41) is 5.28. The maximum Gasteiger partial charge on any atom is 0.416 e. The van der Waals surface area contributed by atoms with Gasteiger partial charge in [-0.25, -0.2) is 4.79 Å². The Labute approximate surface area is 173 Å². The fraction of sp³-hybridized carbons (Fsp3) is 0.381. The summed E-state index contributed by atoms with van der Waals surface area (Å²) in [4.78, 5) is 16.5. The lowest BCUT2D eigenvalue weighted by Crippen LogP contribution is -2.48. The van der Waals surface area contributed by atoms with E-state index in [1.54, 1.807) is 7.11 Å². The zero-order chi connectivity index (χ0) is 21.6. The molecule has 30 heavy (non-hydrogen) atoms. The first-order valence-electron chi connectivity index (χ1n) is 9.69. The van der Waals surface area contributed by atoms with Gasteiger partial charge in [0.1, 0.15) is 5.75 Å². The molecule has 1 aliphatic rings. The number of para-hydroxylation sites is 2. The first-order valence-corrected chi connectivity index (χ1v) is 9.69. The van der Waals surface area contributed by atoms with Gasteiger partial charge in [-0.3, -0.25) is 4.90 Å². The summed E-state index contributed by atoms with van der Waals surface area (Å²) in [5.41, 5.74) is 0.639. The molecule has 3 rings (SSSR count). The van der Waals surface area contributed by atoms with Crippen molar-refractivity contribution in [2.24, 2.45) is 0 Å². The van der Waals surface area contributed by atoms with Crippen LogP contribution in [-0.2, 0) is 6.18 Å². The molecule has 2 aromatic carbocycles. The minimum absolute atomic E-state index is 0.311. The second-order valence-electron chi connectivity index (χ2n) is 6.96. The first kappa shape index (κ1) is 21.8.